The van der Waals surface area contributed by atoms with E-state index >= 15 is 0 Å². The largest absolute Gasteiger partial charge is 0.466 e. The molecule has 20 heavy (non-hydrogen) atoms. The molecule has 0 saturated heterocycles. The second-order valence-corrected chi connectivity index (χ2v) is 5.84. The Kier molecular flexibility index (Phi) is 3.70. The van der Waals surface area contributed by atoms with Crippen molar-refractivity contribution in [3.05, 3.63) is 52.9 Å². The van der Waals surface area contributed by atoms with Gasteiger partial charge in [-0.25, -0.2) is 4.79 Å². The van der Waals surface area contributed by atoms with Gasteiger partial charge in [-0.3, -0.25) is 0 Å². The zero-order valence-corrected chi connectivity index (χ0v) is 12.2. The summed E-state index contributed by atoms with van der Waals surface area (Å²) in [5.41, 5.74) is 4.84. The van der Waals surface area contributed by atoms with Gasteiger partial charge < -0.3 is 4.74 Å². The van der Waals surface area contributed by atoms with E-state index in [0.29, 0.717) is 0 Å². The Morgan fingerprint density at radius 3 is 2.95 bits per heavy atom. The molecule has 2 nitrogen and oxygen atoms in total. The molecule has 0 bridgehead atoms. The Morgan fingerprint density at radius 2 is 2.20 bits per heavy atom. The smallest absolute Gasteiger partial charge is 0.330 e. The molecule has 0 N–H and O–H groups in total. The molecule has 0 spiro atoms. The fourth-order valence-corrected chi connectivity index (χ4v) is 3.37. The molecule has 0 fully saturated rings. The first kappa shape index (κ1) is 13.1. The summed E-state index contributed by atoms with van der Waals surface area (Å²) in [7, 11) is 1.42. The number of fused-ring (bicyclic) bond motifs is 1. The number of benzene rings is 1. The van der Waals surface area contributed by atoms with Crippen molar-refractivity contribution in [1.29, 1.82) is 0 Å². The van der Waals surface area contributed by atoms with Gasteiger partial charge in [-0.2, -0.15) is 0 Å². The molecule has 3 heteroatoms. The molecular formula is C17H16O2S. The third kappa shape index (κ3) is 2.54. The van der Waals surface area contributed by atoms with Crippen LogP contribution in [0.3, 0.4) is 0 Å². The van der Waals surface area contributed by atoms with Gasteiger partial charge in [-0.1, -0.05) is 18.2 Å². The van der Waals surface area contributed by atoms with Gasteiger partial charge in [0.15, 0.2) is 0 Å². The molecule has 2 aromatic rings. The number of aryl methyl sites for hydroxylation is 1. The van der Waals surface area contributed by atoms with Crippen LogP contribution in [0.25, 0.3) is 16.0 Å². The highest BCUT2D eigenvalue weighted by atomic mass is 32.1. The molecule has 0 radical (unpaired) electrons. The van der Waals surface area contributed by atoms with Crippen LogP contribution in [0.15, 0.2) is 41.8 Å². The number of allylic oxidation sites excluding steroid dienone is 1. The Morgan fingerprint density at radius 1 is 1.30 bits per heavy atom. The van der Waals surface area contributed by atoms with Crippen molar-refractivity contribution >= 4 is 22.9 Å². The van der Waals surface area contributed by atoms with E-state index in [4.69, 9.17) is 4.74 Å². The number of hydrogen-bond donors (Lipinski definition) is 0. The van der Waals surface area contributed by atoms with E-state index in [1.807, 2.05) is 0 Å². The predicted molar refractivity (Wildman–Crippen MR) is 82.7 cm³/mol. The van der Waals surface area contributed by atoms with Gasteiger partial charge in [-0.15, -0.1) is 11.3 Å². The van der Waals surface area contributed by atoms with E-state index in [2.05, 4.69) is 35.7 Å². The summed E-state index contributed by atoms with van der Waals surface area (Å²) < 4.78 is 4.76. The van der Waals surface area contributed by atoms with Gasteiger partial charge in [0.1, 0.15) is 0 Å². The van der Waals surface area contributed by atoms with Crippen LogP contribution in [0.1, 0.15) is 24.0 Å². The number of carbonyl (C=O) groups excluding carboxylic acids is 1. The van der Waals surface area contributed by atoms with Crippen LogP contribution >= 0.6 is 11.3 Å². The molecule has 0 atom stereocenters. The molecule has 1 aliphatic rings. The van der Waals surface area contributed by atoms with Crippen LogP contribution in [0, 0.1) is 0 Å². The number of carbonyl (C=O) groups is 1. The molecule has 102 valence electrons. The summed E-state index contributed by atoms with van der Waals surface area (Å²) in [4.78, 5) is 12.8. The van der Waals surface area contributed by atoms with Gasteiger partial charge in [-0.05, 0) is 59.0 Å². The molecule has 1 heterocycles. The lowest BCUT2D eigenvalue weighted by molar-refractivity contribution is -0.134. The van der Waals surface area contributed by atoms with Gasteiger partial charge in [0.2, 0.25) is 0 Å². The Bertz CT molecular complexity index is 654. The van der Waals surface area contributed by atoms with Crippen molar-refractivity contribution in [1.82, 2.24) is 0 Å². The Balaban J connectivity index is 2.05. The van der Waals surface area contributed by atoms with Gasteiger partial charge >= 0.3 is 5.97 Å². The summed E-state index contributed by atoms with van der Waals surface area (Å²) in [6.45, 7) is 0. The van der Waals surface area contributed by atoms with Crippen LogP contribution < -0.4 is 0 Å². The molecule has 3 rings (SSSR count). The van der Waals surface area contributed by atoms with Crippen molar-refractivity contribution in [2.24, 2.45) is 0 Å². The fourth-order valence-electron chi connectivity index (χ4n) is 2.64. The Hall–Kier alpha value is -1.87. The summed E-state index contributed by atoms with van der Waals surface area (Å²) in [5.74, 6) is -0.269. The standard InChI is InChI=1S/C17H16O2S/c1-19-17(18)11-13-5-2-4-12-7-8-14(10-15(12)13)16-6-3-9-20-16/h3,6-11H,2,4-5H2,1H3/b13-11+. The summed E-state index contributed by atoms with van der Waals surface area (Å²) in [6, 6.07) is 10.7. The summed E-state index contributed by atoms with van der Waals surface area (Å²) >= 11 is 1.74. The summed E-state index contributed by atoms with van der Waals surface area (Å²) in [5, 5.41) is 2.08. The van der Waals surface area contributed by atoms with Crippen LogP contribution in [0.2, 0.25) is 0 Å². The average Bonchev–Trinajstić information content (AvgIpc) is 3.01. The maximum atomic E-state index is 11.5. The second kappa shape index (κ2) is 5.63. The highest BCUT2D eigenvalue weighted by molar-refractivity contribution is 7.13. The van der Waals surface area contributed by atoms with Gasteiger partial charge in [0, 0.05) is 11.0 Å². The van der Waals surface area contributed by atoms with E-state index in [1.165, 1.54) is 28.7 Å². The highest BCUT2D eigenvalue weighted by Gasteiger charge is 2.16. The Labute approximate surface area is 122 Å². The van der Waals surface area contributed by atoms with Crippen molar-refractivity contribution < 1.29 is 9.53 Å². The van der Waals surface area contributed by atoms with E-state index in [1.54, 1.807) is 17.4 Å². The molecule has 0 amide bonds. The van der Waals surface area contributed by atoms with Crippen LogP contribution in [-0.2, 0) is 16.0 Å². The van der Waals surface area contributed by atoms with Crippen LogP contribution in [-0.4, -0.2) is 13.1 Å². The van der Waals surface area contributed by atoms with E-state index in [9.17, 15) is 4.79 Å². The number of rotatable bonds is 2. The number of methoxy groups -OCH3 is 1. The first-order valence-corrected chi connectivity index (χ1v) is 7.61. The lowest BCUT2D eigenvalue weighted by Crippen LogP contribution is -2.05. The fraction of sp³-hybridized carbons (Fsp3) is 0.235. The monoisotopic (exact) mass is 284 g/mol. The normalized spacial score (nSPS) is 15.9. The minimum Gasteiger partial charge on any atom is -0.466 e. The van der Waals surface area contributed by atoms with Crippen molar-refractivity contribution in [2.75, 3.05) is 7.11 Å². The molecule has 1 aliphatic carbocycles. The van der Waals surface area contributed by atoms with Gasteiger partial charge in [0.25, 0.3) is 0 Å². The first-order valence-electron chi connectivity index (χ1n) is 6.73. The molecule has 0 saturated carbocycles. The van der Waals surface area contributed by atoms with E-state index in [-0.39, 0.29) is 5.97 Å². The molecule has 0 aliphatic heterocycles. The maximum absolute atomic E-state index is 11.5. The lowest BCUT2D eigenvalue weighted by atomic mass is 9.86. The number of hydrogen-bond acceptors (Lipinski definition) is 3. The third-order valence-corrected chi connectivity index (χ3v) is 4.57. The van der Waals surface area contributed by atoms with Crippen molar-refractivity contribution in [2.45, 2.75) is 19.3 Å². The minimum absolute atomic E-state index is 0.269. The second-order valence-electron chi connectivity index (χ2n) is 4.90. The van der Waals surface area contributed by atoms with Crippen LogP contribution in [0.5, 0.6) is 0 Å². The lowest BCUT2D eigenvalue weighted by Gasteiger charge is -2.19. The zero-order valence-electron chi connectivity index (χ0n) is 11.4. The highest BCUT2D eigenvalue weighted by Crippen LogP contribution is 2.35. The molecular weight excluding hydrogens is 268 g/mol. The van der Waals surface area contributed by atoms with Crippen LogP contribution in [0.4, 0.5) is 0 Å². The average molecular weight is 284 g/mol. The van der Waals surface area contributed by atoms with Crippen molar-refractivity contribution in [3.8, 4) is 10.4 Å². The van der Waals surface area contributed by atoms with E-state index in [0.717, 1.165) is 24.8 Å². The molecule has 1 aromatic carbocycles. The third-order valence-electron chi connectivity index (χ3n) is 3.65. The zero-order chi connectivity index (χ0) is 13.9. The SMILES string of the molecule is COC(=O)/C=C1\CCCc2ccc(-c3cccs3)cc21. The first-order chi connectivity index (χ1) is 9.78. The number of ether oxygens (including phenoxy) is 1. The topological polar surface area (TPSA) is 26.3 Å². The molecule has 1 aromatic heterocycles. The summed E-state index contributed by atoms with van der Waals surface area (Å²) in [6.07, 6.45) is 4.75. The predicted octanol–water partition coefficient (Wildman–Crippen LogP) is 4.31. The molecule has 0 unspecified atom stereocenters. The quantitative estimate of drug-likeness (QED) is 0.607. The van der Waals surface area contributed by atoms with Gasteiger partial charge in [0.05, 0.1) is 7.11 Å². The van der Waals surface area contributed by atoms with Crippen molar-refractivity contribution in [3.63, 3.8) is 0 Å². The van der Waals surface area contributed by atoms with E-state index < -0.39 is 0 Å². The maximum Gasteiger partial charge on any atom is 0.330 e. The number of thiophene rings is 1. The number of esters is 1. The minimum atomic E-state index is -0.269.